The lowest BCUT2D eigenvalue weighted by Gasteiger charge is -2.04. The molecule has 0 aromatic carbocycles. The van der Waals surface area contributed by atoms with Crippen LogP contribution in [-0.4, -0.2) is 24.3 Å². The minimum Gasteiger partial charge on any atom is -0.466 e. The highest BCUT2D eigenvalue weighted by molar-refractivity contribution is 5.69. The Kier molecular flexibility index (Phi) is 14.0. The fraction of sp³-hybridized carbons (Fsp3) is 0.933. The summed E-state index contributed by atoms with van der Waals surface area (Å²) in [6.45, 7) is 3.06. The molecule has 3 heteroatoms. The number of esters is 1. The minimum atomic E-state index is -0.0485. The molecule has 0 fully saturated rings. The molecular weight excluding hydrogens is 228 g/mol. The van der Waals surface area contributed by atoms with Crippen molar-refractivity contribution >= 4 is 5.97 Å². The maximum atomic E-state index is 11.4. The molecule has 0 aliphatic rings. The summed E-state index contributed by atoms with van der Waals surface area (Å²) in [5, 5.41) is 8.61. The summed E-state index contributed by atoms with van der Waals surface area (Å²) in [6.07, 6.45) is 11.5. The average molecular weight is 258 g/mol. The van der Waals surface area contributed by atoms with E-state index in [1.807, 2.05) is 0 Å². The Morgan fingerprint density at radius 2 is 1.50 bits per heavy atom. The van der Waals surface area contributed by atoms with Gasteiger partial charge in [-0.1, -0.05) is 51.9 Å². The van der Waals surface area contributed by atoms with E-state index in [1.165, 1.54) is 25.7 Å². The number of aliphatic hydroxyl groups is 1. The molecule has 0 unspecified atom stereocenters. The highest BCUT2D eigenvalue weighted by Gasteiger charge is 2.02. The summed E-state index contributed by atoms with van der Waals surface area (Å²) in [7, 11) is 0. The Morgan fingerprint density at radius 3 is 2.22 bits per heavy atom. The van der Waals surface area contributed by atoms with Gasteiger partial charge in [-0.3, -0.25) is 4.79 Å². The normalized spacial score (nSPS) is 10.6. The second kappa shape index (κ2) is 14.5. The molecular formula is C15H30O3. The molecule has 0 amide bonds. The van der Waals surface area contributed by atoms with Crippen LogP contribution in [0, 0.1) is 0 Å². The molecule has 0 heterocycles. The molecule has 0 atom stereocenters. The first-order valence-electron chi connectivity index (χ1n) is 7.57. The molecule has 0 spiro atoms. The summed E-state index contributed by atoms with van der Waals surface area (Å²) in [5.41, 5.74) is 0. The topological polar surface area (TPSA) is 46.5 Å². The van der Waals surface area contributed by atoms with Gasteiger partial charge in [0, 0.05) is 13.0 Å². The maximum Gasteiger partial charge on any atom is 0.305 e. The van der Waals surface area contributed by atoms with Crippen molar-refractivity contribution in [3.05, 3.63) is 0 Å². The predicted molar refractivity (Wildman–Crippen MR) is 74.5 cm³/mol. The summed E-state index contributed by atoms with van der Waals surface area (Å²) >= 11 is 0. The molecule has 0 bridgehead atoms. The lowest BCUT2D eigenvalue weighted by Crippen LogP contribution is -2.05. The van der Waals surface area contributed by atoms with Gasteiger partial charge < -0.3 is 9.84 Å². The third-order valence-electron chi connectivity index (χ3n) is 3.05. The van der Waals surface area contributed by atoms with E-state index in [4.69, 9.17) is 9.84 Å². The SMILES string of the molecule is CCCCCCCOC(=O)CCCCCCCO. The van der Waals surface area contributed by atoms with Gasteiger partial charge >= 0.3 is 5.97 Å². The second-order valence-electron chi connectivity index (χ2n) is 4.88. The van der Waals surface area contributed by atoms with Crippen molar-refractivity contribution in [1.29, 1.82) is 0 Å². The fourth-order valence-corrected chi connectivity index (χ4v) is 1.88. The third-order valence-corrected chi connectivity index (χ3v) is 3.05. The summed E-state index contributed by atoms with van der Waals surface area (Å²) in [4.78, 5) is 11.4. The Labute approximate surface area is 112 Å². The Balaban J connectivity index is 3.12. The Morgan fingerprint density at radius 1 is 0.889 bits per heavy atom. The largest absolute Gasteiger partial charge is 0.466 e. The van der Waals surface area contributed by atoms with E-state index in [2.05, 4.69) is 6.92 Å². The first-order valence-corrected chi connectivity index (χ1v) is 7.57. The van der Waals surface area contributed by atoms with E-state index in [-0.39, 0.29) is 12.6 Å². The zero-order valence-corrected chi connectivity index (χ0v) is 12.0. The molecule has 3 nitrogen and oxygen atoms in total. The number of aliphatic hydroxyl groups excluding tert-OH is 1. The van der Waals surface area contributed by atoms with Crippen LogP contribution in [-0.2, 0) is 9.53 Å². The third kappa shape index (κ3) is 13.5. The van der Waals surface area contributed by atoms with Gasteiger partial charge in [0.05, 0.1) is 6.61 Å². The van der Waals surface area contributed by atoms with Crippen LogP contribution < -0.4 is 0 Å². The molecule has 0 aliphatic carbocycles. The number of ether oxygens (including phenoxy) is 1. The maximum absolute atomic E-state index is 11.4. The molecule has 0 saturated heterocycles. The number of carbonyl (C=O) groups is 1. The van der Waals surface area contributed by atoms with E-state index in [0.717, 1.165) is 38.5 Å². The van der Waals surface area contributed by atoms with E-state index >= 15 is 0 Å². The quantitative estimate of drug-likeness (QED) is 0.403. The zero-order chi connectivity index (χ0) is 13.5. The molecule has 0 saturated carbocycles. The first kappa shape index (κ1) is 17.4. The van der Waals surface area contributed by atoms with E-state index in [1.54, 1.807) is 0 Å². The number of carbonyl (C=O) groups excluding carboxylic acids is 1. The van der Waals surface area contributed by atoms with E-state index in [9.17, 15) is 4.79 Å². The van der Waals surface area contributed by atoms with Gasteiger partial charge in [0.15, 0.2) is 0 Å². The van der Waals surface area contributed by atoms with Crippen molar-refractivity contribution in [2.75, 3.05) is 13.2 Å². The zero-order valence-electron chi connectivity index (χ0n) is 12.0. The van der Waals surface area contributed by atoms with Crippen LogP contribution in [0.5, 0.6) is 0 Å². The van der Waals surface area contributed by atoms with Crippen LogP contribution >= 0.6 is 0 Å². The number of hydrogen-bond donors (Lipinski definition) is 1. The van der Waals surface area contributed by atoms with Gasteiger partial charge in [0.2, 0.25) is 0 Å². The van der Waals surface area contributed by atoms with Gasteiger partial charge in [-0.05, 0) is 19.3 Å². The lowest BCUT2D eigenvalue weighted by molar-refractivity contribution is -0.143. The van der Waals surface area contributed by atoms with Crippen LogP contribution in [0.3, 0.4) is 0 Å². The van der Waals surface area contributed by atoms with Crippen molar-refractivity contribution in [3.63, 3.8) is 0 Å². The fourth-order valence-electron chi connectivity index (χ4n) is 1.88. The molecule has 0 radical (unpaired) electrons. The molecule has 1 N–H and O–H groups in total. The highest BCUT2D eigenvalue weighted by Crippen LogP contribution is 2.07. The van der Waals surface area contributed by atoms with Crippen LogP contribution in [0.1, 0.15) is 77.6 Å². The van der Waals surface area contributed by atoms with Crippen LogP contribution in [0.15, 0.2) is 0 Å². The molecule has 0 rings (SSSR count). The van der Waals surface area contributed by atoms with Crippen molar-refractivity contribution in [2.24, 2.45) is 0 Å². The molecule has 0 aromatic rings. The number of hydrogen-bond acceptors (Lipinski definition) is 3. The van der Waals surface area contributed by atoms with Gasteiger partial charge in [-0.15, -0.1) is 0 Å². The molecule has 0 aliphatic heterocycles. The smallest absolute Gasteiger partial charge is 0.305 e. The van der Waals surface area contributed by atoms with Crippen molar-refractivity contribution in [2.45, 2.75) is 77.6 Å². The Bertz CT molecular complexity index is 163. The van der Waals surface area contributed by atoms with Gasteiger partial charge in [-0.2, -0.15) is 0 Å². The van der Waals surface area contributed by atoms with Gasteiger partial charge in [-0.25, -0.2) is 0 Å². The van der Waals surface area contributed by atoms with Gasteiger partial charge in [0.1, 0.15) is 0 Å². The van der Waals surface area contributed by atoms with E-state index < -0.39 is 0 Å². The predicted octanol–water partition coefficient (Wildman–Crippen LogP) is 3.83. The first-order chi connectivity index (χ1) is 8.81. The van der Waals surface area contributed by atoms with Crippen molar-refractivity contribution < 1.29 is 14.6 Å². The number of unbranched alkanes of at least 4 members (excludes halogenated alkanes) is 8. The standard InChI is InChI=1S/C15H30O3/c1-2-3-4-8-11-14-18-15(17)12-9-6-5-7-10-13-16/h16H,2-14H2,1H3. The summed E-state index contributed by atoms with van der Waals surface area (Å²) in [6, 6.07) is 0. The van der Waals surface area contributed by atoms with Crippen molar-refractivity contribution in [1.82, 2.24) is 0 Å². The van der Waals surface area contributed by atoms with Crippen LogP contribution in [0.25, 0.3) is 0 Å². The summed E-state index contributed by atoms with van der Waals surface area (Å²) < 4.78 is 5.17. The highest BCUT2D eigenvalue weighted by atomic mass is 16.5. The Hall–Kier alpha value is -0.570. The second-order valence-corrected chi connectivity index (χ2v) is 4.88. The lowest BCUT2D eigenvalue weighted by atomic mass is 10.1. The minimum absolute atomic E-state index is 0.0485. The molecule has 0 aromatic heterocycles. The molecule has 108 valence electrons. The number of rotatable bonds is 13. The molecule has 18 heavy (non-hydrogen) atoms. The van der Waals surface area contributed by atoms with Crippen LogP contribution in [0.4, 0.5) is 0 Å². The van der Waals surface area contributed by atoms with Gasteiger partial charge in [0.25, 0.3) is 0 Å². The van der Waals surface area contributed by atoms with E-state index in [0.29, 0.717) is 13.0 Å². The summed E-state index contributed by atoms with van der Waals surface area (Å²) in [5.74, 6) is -0.0485. The average Bonchev–Trinajstić information content (AvgIpc) is 2.38. The van der Waals surface area contributed by atoms with Crippen LogP contribution in [0.2, 0.25) is 0 Å². The monoisotopic (exact) mass is 258 g/mol. The van der Waals surface area contributed by atoms with Crippen molar-refractivity contribution in [3.8, 4) is 0 Å².